The molecule has 2 aromatic carbocycles. The Bertz CT molecular complexity index is 939. The highest BCUT2D eigenvalue weighted by Crippen LogP contribution is 2.46. The quantitative estimate of drug-likeness (QED) is 0.623. The lowest BCUT2D eigenvalue weighted by Crippen LogP contribution is -2.58. The molecule has 10 heteroatoms. The Morgan fingerprint density at radius 3 is 2.43 bits per heavy atom. The topological polar surface area (TPSA) is 130 Å². The molecule has 1 N–H and O–H groups in total. The smallest absolute Gasteiger partial charge is 0.231 e. The molecule has 0 fully saturated rings. The zero-order valence-electron chi connectivity index (χ0n) is 16.6. The van der Waals surface area contributed by atoms with E-state index in [1.807, 2.05) is 6.07 Å². The van der Waals surface area contributed by atoms with Crippen LogP contribution in [0.25, 0.3) is 0 Å². The van der Waals surface area contributed by atoms with E-state index < -0.39 is 10.2 Å². The van der Waals surface area contributed by atoms with Crippen molar-refractivity contribution in [1.29, 1.82) is 0 Å². The van der Waals surface area contributed by atoms with Crippen LogP contribution in [0.15, 0.2) is 24.3 Å². The van der Waals surface area contributed by atoms with Crippen molar-refractivity contribution in [1.82, 2.24) is 4.90 Å². The van der Waals surface area contributed by atoms with E-state index in [1.165, 1.54) is 22.3 Å². The van der Waals surface area contributed by atoms with Gasteiger partial charge in [0, 0.05) is 24.7 Å². The molecule has 0 bridgehead atoms. The Balaban J connectivity index is 0.000000393. The first-order chi connectivity index (χ1) is 14.3. The molecule has 162 valence electrons. The molecule has 3 aliphatic heterocycles. The summed E-state index contributed by atoms with van der Waals surface area (Å²) in [5.74, 6) is 3.43. The van der Waals surface area contributed by atoms with Gasteiger partial charge in [0.1, 0.15) is 0 Å². The first-order valence-corrected chi connectivity index (χ1v) is 10.6. The summed E-state index contributed by atoms with van der Waals surface area (Å²) >= 11 is 0. The van der Waals surface area contributed by atoms with Crippen LogP contribution in [0, 0.1) is 10.2 Å². The summed E-state index contributed by atoms with van der Waals surface area (Å²) < 4.78 is 55.0. The van der Waals surface area contributed by atoms with E-state index in [-0.39, 0.29) is 0 Å². The standard InChI is InChI=1S/C20H21NO4.ClHO4/c1-22-17-4-3-12-7-16-14-9-19-18(24-11-25-19)8-13(14)5-6-21(16)10-15(12)20(17)23-2;2-1(3,4)5/h3-4,8-9,16H,5-7,10-11H2,1-2H3;(H,2,3,4,5). The third-order valence-corrected chi connectivity index (χ3v) is 5.62. The van der Waals surface area contributed by atoms with Gasteiger partial charge in [-0.15, -0.1) is 0 Å². The Kier molecular flexibility index (Phi) is 5.67. The molecule has 2 aromatic rings. The van der Waals surface area contributed by atoms with Crippen molar-refractivity contribution in [2.24, 2.45) is 0 Å². The van der Waals surface area contributed by atoms with Gasteiger partial charge in [0.2, 0.25) is 6.79 Å². The second-order valence-electron chi connectivity index (χ2n) is 7.18. The Morgan fingerprint density at radius 1 is 1.07 bits per heavy atom. The van der Waals surface area contributed by atoms with Crippen LogP contribution in [-0.4, -0.2) is 37.1 Å². The van der Waals surface area contributed by atoms with Crippen LogP contribution in [-0.2, 0) is 19.4 Å². The van der Waals surface area contributed by atoms with Crippen LogP contribution in [0.5, 0.6) is 23.0 Å². The average Bonchev–Trinajstić information content (AvgIpc) is 3.16. The van der Waals surface area contributed by atoms with Crippen molar-refractivity contribution in [2.45, 2.75) is 25.4 Å². The van der Waals surface area contributed by atoms with Gasteiger partial charge in [0.15, 0.2) is 23.0 Å². The molecule has 0 saturated heterocycles. The second kappa shape index (κ2) is 8.10. The zero-order chi connectivity index (χ0) is 21.5. The van der Waals surface area contributed by atoms with E-state index in [9.17, 15) is 0 Å². The third-order valence-electron chi connectivity index (χ3n) is 5.62. The largest absolute Gasteiger partial charge is 0.493 e. The van der Waals surface area contributed by atoms with Gasteiger partial charge < -0.3 is 18.9 Å². The van der Waals surface area contributed by atoms with E-state index in [1.54, 1.807) is 14.2 Å². The predicted molar refractivity (Wildman–Crippen MR) is 94.9 cm³/mol. The summed E-state index contributed by atoms with van der Waals surface area (Å²) in [5, 5.41) is 0. The highest BCUT2D eigenvalue weighted by Gasteiger charge is 2.35. The molecule has 0 amide bonds. The molecule has 0 saturated carbocycles. The van der Waals surface area contributed by atoms with Crippen LogP contribution >= 0.6 is 0 Å². The molecule has 3 heterocycles. The monoisotopic (exact) mass is 439 g/mol. The number of halogens is 1. The van der Waals surface area contributed by atoms with Crippen LogP contribution in [0.3, 0.4) is 0 Å². The summed E-state index contributed by atoms with van der Waals surface area (Å²) in [6.45, 7) is 2.25. The maximum Gasteiger partial charge on any atom is 0.231 e. The maximum atomic E-state index is 8.60. The predicted octanol–water partition coefficient (Wildman–Crippen LogP) is -1.04. The van der Waals surface area contributed by atoms with Crippen LogP contribution in [0.4, 0.5) is 0 Å². The molecular formula is C20H22ClNO8. The molecule has 1 unspecified atom stereocenters. The lowest BCUT2D eigenvalue weighted by atomic mass is 9.83. The molecule has 0 spiro atoms. The van der Waals surface area contributed by atoms with Crippen LogP contribution in [0.2, 0.25) is 0 Å². The number of nitrogens with zero attached hydrogens (tertiary/aromatic N) is 1. The number of methoxy groups -OCH3 is 2. The van der Waals surface area contributed by atoms with Crippen molar-refractivity contribution in [3.05, 3.63) is 46.5 Å². The van der Waals surface area contributed by atoms with Gasteiger partial charge in [0.25, 0.3) is 0 Å². The van der Waals surface area contributed by atoms with Gasteiger partial charge in [-0.2, -0.15) is 14.0 Å². The number of rotatable bonds is 2. The van der Waals surface area contributed by atoms with E-state index in [0.717, 1.165) is 48.9 Å². The highest BCUT2D eigenvalue weighted by atomic mass is 35.7. The maximum absolute atomic E-state index is 8.60. The summed E-state index contributed by atoms with van der Waals surface area (Å²) in [6.07, 6.45) is 2.01. The van der Waals surface area contributed by atoms with Crippen molar-refractivity contribution in [3.8, 4) is 23.0 Å². The summed E-state index contributed by atoms with van der Waals surface area (Å²) in [4.78, 5) is 2.54. The fraction of sp³-hybridized carbons (Fsp3) is 0.400. The summed E-state index contributed by atoms with van der Waals surface area (Å²) in [7, 11) is -1.29. The van der Waals surface area contributed by atoms with Crippen molar-refractivity contribution in [3.63, 3.8) is 0 Å². The molecule has 0 aliphatic carbocycles. The Labute approximate surface area is 175 Å². The first-order valence-electron chi connectivity index (χ1n) is 9.31. The minimum Gasteiger partial charge on any atom is -0.493 e. The van der Waals surface area contributed by atoms with Gasteiger partial charge in [-0.25, -0.2) is 0 Å². The Hall–Kier alpha value is -2.27. The fourth-order valence-corrected chi connectivity index (χ4v) is 4.38. The summed E-state index contributed by atoms with van der Waals surface area (Å²) in [5.41, 5.74) is 5.34. The highest BCUT2D eigenvalue weighted by molar-refractivity contribution is 5.55. The molecule has 5 rings (SSSR count). The summed E-state index contributed by atoms with van der Waals surface area (Å²) in [6, 6.07) is 8.91. The molecule has 0 aromatic heterocycles. The van der Waals surface area contributed by atoms with E-state index in [0.29, 0.717) is 12.8 Å². The molecule has 30 heavy (non-hydrogen) atoms. The van der Waals surface area contributed by atoms with Crippen molar-refractivity contribution >= 4 is 0 Å². The Morgan fingerprint density at radius 2 is 1.77 bits per heavy atom. The number of hydrogen-bond acceptors (Lipinski definition) is 9. The van der Waals surface area contributed by atoms with Gasteiger partial charge in [-0.05, 0) is 47.7 Å². The minimum atomic E-state index is -4.69. The molecular weight excluding hydrogens is 418 g/mol. The van der Waals surface area contributed by atoms with E-state index in [4.69, 9.17) is 37.6 Å². The van der Waals surface area contributed by atoms with Gasteiger partial charge in [-0.1, -0.05) is 6.07 Å². The van der Waals surface area contributed by atoms with Crippen LogP contribution < -0.4 is 32.9 Å². The lowest BCUT2D eigenvalue weighted by molar-refractivity contribution is -1.92. The van der Waals surface area contributed by atoms with Crippen molar-refractivity contribution < 1.29 is 47.8 Å². The molecule has 1 atom stereocenters. The van der Waals surface area contributed by atoms with Crippen molar-refractivity contribution in [2.75, 3.05) is 27.6 Å². The molecule has 3 aliphatic rings. The number of benzene rings is 2. The SMILES string of the molecule is COc1ccc2c(c1OC)CN1CCc3cc4c(cc3C1C2)OCO4.[O-][Cl+3]([O-])([O-])O. The number of hydrogen-bond donors (Lipinski definition) is 1. The average molecular weight is 440 g/mol. The second-order valence-corrected chi connectivity index (χ2v) is 7.97. The third kappa shape index (κ3) is 4.13. The van der Waals surface area contributed by atoms with Gasteiger partial charge >= 0.3 is 0 Å². The van der Waals surface area contributed by atoms with Gasteiger partial charge in [-0.3, -0.25) is 4.90 Å². The molecule has 0 radical (unpaired) electrons. The number of fused-ring (bicyclic) bond motifs is 5. The first kappa shape index (κ1) is 21.0. The fourth-order valence-electron chi connectivity index (χ4n) is 4.38. The van der Waals surface area contributed by atoms with Gasteiger partial charge in [0.05, 0.1) is 29.1 Å². The lowest BCUT2D eigenvalue weighted by Gasteiger charge is -2.42. The zero-order valence-corrected chi connectivity index (χ0v) is 17.3. The van der Waals surface area contributed by atoms with Crippen LogP contribution in [0.1, 0.15) is 28.3 Å². The number of ether oxygens (including phenoxy) is 4. The van der Waals surface area contributed by atoms with E-state index in [2.05, 4.69) is 23.1 Å². The molecule has 9 nitrogen and oxygen atoms in total. The normalized spacial score (nSPS) is 19.1. The minimum absolute atomic E-state index is 0.326. The van der Waals surface area contributed by atoms with E-state index >= 15 is 0 Å².